The van der Waals surface area contributed by atoms with E-state index >= 15 is 0 Å². The second-order valence-electron chi connectivity index (χ2n) is 12.6. The Morgan fingerprint density at radius 2 is 1.57 bits per heavy atom. The minimum absolute atomic E-state index is 0.0240. The van der Waals surface area contributed by atoms with E-state index < -0.39 is 21.6 Å². The molecule has 0 saturated carbocycles. The first kappa shape index (κ1) is 34.1. The molecule has 1 fully saturated rings. The lowest BCUT2D eigenvalue weighted by Crippen LogP contribution is -2.41. The number of halogens is 1. The fourth-order valence-electron chi connectivity index (χ4n) is 6.33. The SMILES string of the molecule is Cc1cnc(N2CCS(=O)(=O)CC2)c(NC(=O)c2ccc(C(=O)N3CCc4cc(C(=O)Nc5c(C)cccc5F)sc4-c4ccccc43)cc2)c1. The minimum Gasteiger partial charge on any atom is -0.353 e. The lowest BCUT2D eigenvalue weighted by Gasteiger charge is -2.29. The Morgan fingerprint density at radius 1 is 0.843 bits per heavy atom. The lowest BCUT2D eigenvalue weighted by molar-refractivity contribution is 0.0983. The monoisotopic (exact) mass is 723 g/mol. The first-order chi connectivity index (χ1) is 24.5. The molecule has 4 heterocycles. The predicted octanol–water partition coefficient (Wildman–Crippen LogP) is 6.51. The van der Waals surface area contributed by atoms with Crippen molar-refractivity contribution >= 4 is 61.8 Å². The van der Waals surface area contributed by atoms with Crippen LogP contribution in [0, 0.1) is 19.7 Å². The normalized spacial score (nSPS) is 15.0. The molecule has 260 valence electrons. The van der Waals surface area contributed by atoms with Gasteiger partial charge < -0.3 is 20.4 Å². The van der Waals surface area contributed by atoms with Gasteiger partial charge in [0.05, 0.1) is 33.4 Å². The Balaban J connectivity index is 1.08. The molecule has 0 radical (unpaired) electrons. The van der Waals surface area contributed by atoms with Gasteiger partial charge in [-0.25, -0.2) is 17.8 Å². The van der Waals surface area contributed by atoms with Gasteiger partial charge in [-0.2, -0.15) is 0 Å². The van der Waals surface area contributed by atoms with Gasteiger partial charge in [-0.05, 0) is 85.5 Å². The third-order valence-electron chi connectivity index (χ3n) is 9.07. The number of thiophene rings is 1. The van der Waals surface area contributed by atoms with Crippen molar-refractivity contribution in [2.24, 2.45) is 0 Å². The maximum atomic E-state index is 14.4. The number of aryl methyl sites for hydroxylation is 2. The van der Waals surface area contributed by atoms with Crippen molar-refractivity contribution in [1.82, 2.24) is 4.98 Å². The van der Waals surface area contributed by atoms with Crippen LogP contribution in [-0.2, 0) is 16.3 Å². The number of hydrogen-bond acceptors (Lipinski definition) is 8. The molecule has 3 aromatic carbocycles. The average molecular weight is 724 g/mol. The third-order valence-corrected chi connectivity index (χ3v) is 11.9. The number of carbonyl (C=O) groups excluding carboxylic acids is 3. The number of hydrogen-bond donors (Lipinski definition) is 2. The molecule has 2 aliphatic heterocycles. The summed E-state index contributed by atoms with van der Waals surface area (Å²) in [5, 5.41) is 5.64. The van der Waals surface area contributed by atoms with Crippen molar-refractivity contribution in [1.29, 1.82) is 0 Å². The summed E-state index contributed by atoms with van der Waals surface area (Å²) in [7, 11) is -3.09. The first-order valence-electron chi connectivity index (χ1n) is 16.4. The van der Waals surface area contributed by atoms with Crippen LogP contribution in [-0.4, -0.2) is 62.3 Å². The number of fused-ring (bicyclic) bond motifs is 3. The molecule has 2 N–H and O–H groups in total. The Bertz CT molecular complexity index is 2270. The van der Waals surface area contributed by atoms with Gasteiger partial charge in [0, 0.05) is 47.4 Å². The molecule has 0 atom stereocenters. The maximum Gasteiger partial charge on any atom is 0.265 e. The zero-order chi connectivity index (χ0) is 35.9. The topological polar surface area (TPSA) is 129 Å². The second kappa shape index (κ2) is 13.7. The minimum atomic E-state index is -3.09. The smallest absolute Gasteiger partial charge is 0.265 e. The van der Waals surface area contributed by atoms with E-state index in [1.54, 1.807) is 60.5 Å². The van der Waals surface area contributed by atoms with Gasteiger partial charge in [-0.15, -0.1) is 11.3 Å². The molecule has 3 amide bonds. The van der Waals surface area contributed by atoms with E-state index in [0.717, 1.165) is 21.6 Å². The number of aromatic nitrogens is 1. The zero-order valence-electron chi connectivity index (χ0n) is 27.9. The molecule has 5 aromatic rings. The van der Waals surface area contributed by atoms with E-state index in [0.29, 0.717) is 51.7 Å². The Hall–Kier alpha value is -5.40. The number of benzene rings is 3. The largest absolute Gasteiger partial charge is 0.353 e. The summed E-state index contributed by atoms with van der Waals surface area (Å²) in [5.41, 5.74) is 5.28. The molecular formula is C38H34FN5O5S2. The van der Waals surface area contributed by atoms with Gasteiger partial charge in [0.15, 0.2) is 15.7 Å². The summed E-state index contributed by atoms with van der Waals surface area (Å²) in [6.45, 7) is 4.53. The molecule has 0 bridgehead atoms. The Kier molecular flexibility index (Phi) is 9.17. The number of para-hydroxylation sites is 2. The molecule has 51 heavy (non-hydrogen) atoms. The van der Waals surface area contributed by atoms with Crippen molar-refractivity contribution < 1.29 is 27.2 Å². The van der Waals surface area contributed by atoms with Crippen LogP contribution in [0.1, 0.15) is 47.1 Å². The molecule has 0 aliphatic carbocycles. The van der Waals surface area contributed by atoms with Crippen LogP contribution in [0.3, 0.4) is 0 Å². The van der Waals surface area contributed by atoms with Gasteiger partial charge >= 0.3 is 0 Å². The molecule has 0 spiro atoms. The highest BCUT2D eigenvalue weighted by molar-refractivity contribution is 7.91. The fourth-order valence-corrected chi connectivity index (χ4v) is 8.67. The van der Waals surface area contributed by atoms with Crippen LogP contribution in [0.2, 0.25) is 0 Å². The van der Waals surface area contributed by atoms with Crippen molar-refractivity contribution in [3.63, 3.8) is 0 Å². The number of nitrogens with zero attached hydrogens (tertiary/aromatic N) is 3. The van der Waals surface area contributed by atoms with Crippen molar-refractivity contribution in [3.8, 4) is 10.4 Å². The number of pyridine rings is 1. The Morgan fingerprint density at radius 3 is 2.31 bits per heavy atom. The van der Waals surface area contributed by atoms with Gasteiger partial charge in [-0.3, -0.25) is 14.4 Å². The molecule has 0 unspecified atom stereocenters. The zero-order valence-corrected chi connectivity index (χ0v) is 29.5. The van der Waals surface area contributed by atoms with Crippen LogP contribution in [0.4, 0.5) is 27.3 Å². The summed E-state index contributed by atoms with van der Waals surface area (Å²) < 4.78 is 38.4. The van der Waals surface area contributed by atoms with Crippen LogP contribution in [0.25, 0.3) is 10.4 Å². The molecule has 2 aliphatic rings. The quantitative estimate of drug-likeness (QED) is 0.205. The molecular weight excluding hydrogens is 690 g/mol. The molecule has 10 nitrogen and oxygen atoms in total. The number of sulfone groups is 1. The summed E-state index contributed by atoms with van der Waals surface area (Å²) in [6, 6.07) is 22.2. The summed E-state index contributed by atoms with van der Waals surface area (Å²) >= 11 is 1.31. The van der Waals surface area contributed by atoms with Crippen molar-refractivity contribution in [3.05, 3.63) is 124 Å². The van der Waals surface area contributed by atoms with E-state index in [2.05, 4.69) is 15.6 Å². The summed E-state index contributed by atoms with van der Waals surface area (Å²) in [5.74, 6) is -0.956. The predicted molar refractivity (Wildman–Crippen MR) is 198 cm³/mol. The van der Waals surface area contributed by atoms with E-state index in [1.807, 2.05) is 42.2 Å². The highest BCUT2D eigenvalue weighted by Crippen LogP contribution is 2.42. The van der Waals surface area contributed by atoms with Crippen LogP contribution < -0.4 is 20.4 Å². The highest BCUT2D eigenvalue weighted by Gasteiger charge is 2.29. The molecule has 1 saturated heterocycles. The number of amides is 3. The standard InChI is InChI=1S/C38H34FN5O5S2/c1-23-20-30(35(40-22-23)43-16-18-51(48,49)19-17-43)41-36(45)25-10-12-26(13-11-25)38(47)44-15-14-27-21-32(50-34(27)28-7-3-4-9-31(28)44)37(46)42-33-24(2)6-5-8-29(33)39/h3-13,20-22H,14-19H2,1-2H3,(H,41,45)(H,42,46). The number of carbonyl (C=O) groups is 3. The molecule has 2 aromatic heterocycles. The van der Waals surface area contributed by atoms with Gasteiger partial charge in [0.25, 0.3) is 17.7 Å². The van der Waals surface area contributed by atoms with E-state index in [9.17, 15) is 27.2 Å². The van der Waals surface area contributed by atoms with Crippen LogP contribution >= 0.6 is 11.3 Å². The third kappa shape index (κ3) is 6.99. The van der Waals surface area contributed by atoms with E-state index in [-0.39, 0.29) is 42.1 Å². The first-order valence-corrected chi connectivity index (χ1v) is 19.0. The molecule has 13 heteroatoms. The van der Waals surface area contributed by atoms with E-state index in [1.165, 1.54) is 17.4 Å². The van der Waals surface area contributed by atoms with Crippen LogP contribution in [0.15, 0.2) is 85.1 Å². The van der Waals surface area contributed by atoms with Gasteiger partial charge in [0.2, 0.25) is 0 Å². The maximum absolute atomic E-state index is 14.4. The molecule has 7 rings (SSSR count). The second-order valence-corrected chi connectivity index (χ2v) is 16.0. The van der Waals surface area contributed by atoms with Gasteiger partial charge in [0.1, 0.15) is 5.82 Å². The lowest BCUT2D eigenvalue weighted by atomic mass is 10.1. The number of rotatable bonds is 6. The number of nitrogens with one attached hydrogen (secondary N) is 2. The highest BCUT2D eigenvalue weighted by atomic mass is 32.2. The van der Waals surface area contributed by atoms with Gasteiger partial charge in [-0.1, -0.05) is 30.3 Å². The van der Waals surface area contributed by atoms with Crippen molar-refractivity contribution in [2.75, 3.05) is 51.6 Å². The van der Waals surface area contributed by atoms with Crippen LogP contribution in [0.5, 0.6) is 0 Å². The Labute approximate surface area is 298 Å². The van der Waals surface area contributed by atoms with Crippen molar-refractivity contribution in [2.45, 2.75) is 20.3 Å². The number of anilines is 4. The summed E-state index contributed by atoms with van der Waals surface area (Å²) in [4.78, 5) is 49.9. The summed E-state index contributed by atoms with van der Waals surface area (Å²) in [6.07, 6.45) is 2.17. The van der Waals surface area contributed by atoms with E-state index in [4.69, 9.17) is 0 Å². The fraction of sp³-hybridized carbons (Fsp3) is 0.211. The average Bonchev–Trinajstić information content (AvgIpc) is 3.48.